The van der Waals surface area contributed by atoms with Crippen molar-refractivity contribution in [3.63, 3.8) is 0 Å². The van der Waals surface area contributed by atoms with E-state index in [9.17, 15) is 18.4 Å². The number of likely N-dealkylation sites (tertiary alicyclic amines) is 1. The Labute approximate surface area is 174 Å². The molecule has 2 fully saturated rings. The molecule has 0 saturated carbocycles. The van der Waals surface area contributed by atoms with E-state index in [1.165, 1.54) is 17.0 Å². The van der Waals surface area contributed by atoms with E-state index in [2.05, 4.69) is 5.32 Å². The second-order valence-corrected chi connectivity index (χ2v) is 7.86. The van der Waals surface area contributed by atoms with Gasteiger partial charge in [-0.3, -0.25) is 14.5 Å². The normalized spacial score (nSPS) is 20.7. The van der Waals surface area contributed by atoms with Gasteiger partial charge in [0.25, 0.3) is 0 Å². The minimum atomic E-state index is -1.89. The van der Waals surface area contributed by atoms with Crippen molar-refractivity contribution < 1.29 is 18.4 Å². The fourth-order valence-electron chi connectivity index (χ4n) is 4.42. The molecular formula is C23H25F2N3O2. The summed E-state index contributed by atoms with van der Waals surface area (Å²) < 4.78 is 29.3. The molecule has 2 atom stereocenters. The highest BCUT2D eigenvalue weighted by atomic mass is 19.1. The number of hydrogen-bond donors (Lipinski definition) is 1. The Kier molecular flexibility index (Phi) is 5.81. The highest BCUT2D eigenvalue weighted by molar-refractivity contribution is 5.99. The van der Waals surface area contributed by atoms with Crippen LogP contribution in [0.2, 0.25) is 0 Å². The molecule has 158 valence electrons. The van der Waals surface area contributed by atoms with Gasteiger partial charge in [0.05, 0.1) is 6.67 Å². The van der Waals surface area contributed by atoms with Gasteiger partial charge in [-0.1, -0.05) is 48.5 Å². The second-order valence-electron chi connectivity index (χ2n) is 7.86. The van der Waals surface area contributed by atoms with Gasteiger partial charge in [0.2, 0.25) is 5.91 Å². The van der Waals surface area contributed by atoms with Gasteiger partial charge in [-0.05, 0) is 25.0 Å². The maximum Gasteiger partial charge on any atom is 0.247 e. The van der Waals surface area contributed by atoms with E-state index in [0.717, 1.165) is 5.69 Å². The summed E-state index contributed by atoms with van der Waals surface area (Å²) >= 11 is 0. The Hall–Kier alpha value is -2.80. The zero-order valence-corrected chi connectivity index (χ0v) is 16.6. The van der Waals surface area contributed by atoms with Crippen LogP contribution in [-0.4, -0.2) is 54.4 Å². The van der Waals surface area contributed by atoms with Gasteiger partial charge < -0.3 is 10.2 Å². The van der Waals surface area contributed by atoms with Crippen molar-refractivity contribution in [3.8, 4) is 0 Å². The number of alkyl halides is 2. The third-order valence-electron chi connectivity index (χ3n) is 6.17. The Morgan fingerprint density at radius 3 is 2.23 bits per heavy atom. The lowest BCUT2D eigenvalue weighted by atomic mass is 9.85. The number of carbonyl (C=O) groups excluding carboxylic acids is 2. The molecule has 0 aromatic heterocycles. The third-order valence-corrected chi connectivity index (χ3v) is 6.17. The Balaban J connectivity index is 1.39. The van der Waals surface area contributed by atoms with E-state index < -0.39 is 30.2 Å². The molecule has 2 aromatic rings. The number of carbonyl (C=O) groups is 2. The fourth-order valence-corrected chi connectivity index (χ4v) is 4.42. The number of piperidine rings is 1. The average molecular weight is 413 g/mol. The minimum Gasteiger partial charge on any atom is -0.339 e. The van der Waals surface area contributed by atoms with Gasteiger partial charge in [0, 0.05) is 30.8 Å². The summed E-state index contributed by atoms with van der Waals surface area (Å²) in [6.45, 7) is 1.06. The number of rotatable bonds is 6. The molecular weight excluding hydrogens is 388 g/mol. The standard InChI is InChI=1S/C23H25F2N3O2/c24-19(21(29)17-7-3-1-4-8-17)15-20(25)27-13-11-23(12-14-27)22(30)26-16-28(23)18-9-5-2-6-10-18/h1-10,19-20H,11-16H2,(H,26,30). The summed E-state index contributed by atoms with van der Waals surface area (Å²) in [5, 5.41) is 2.91. The van der Waals surface area contributed by atoms with Gasteiger partial charge in [0.1, 0.15) is 5.54 Å². The van der Waals surface area contributed by atoms with Crippen LogP contribution in [0.25, 0.3) is 0 Å². The first kappa shape index (κ1) is 20.5. The second kappa shape index (κ2) is 8.52. The molecule has 0 aliphatic carbocycles. The minimum absolute atomic E-state index is 0.0518. The smallest absolute Gasteiger partial charge is 0.247 e. The van der Waals surface area contributed by atoms with Gasteiger partial charge in [0.15, 0.2) is 18.3 Å². The number of benzene rings is 2. The highest BCUT2D eigenvalue weighted by Crippen LogP contribution is 2.37. The van der Waals surface area contributed by atoms with E-state index >= 15 is 0 Å². The Morgan fingerprint density at radius 2 is 1.60 bits per heavy atom. The molecule has 1 spiro atoms. The Morgan fingerprint density at radius 1 is 1.00 bits per heavy atom. The molecule has 0 bridgehead atoms. The SMILES string of the molecule is O=C(c1ccccc1)C(F)CC(F)N1CCC2(CC1)C(=O)NCN2c1ccccc1. The first-order chi connectivity index (χ1) is 14.5. The number of anilines is 1. The summed E-state index contributed by atoms with van der Waals surface area (Å²) in [6.07, 6.45) is -3.08. The van der Waals surface area contributed by atoms with Crippen molar-refractivity contribution in [2.45, 2.75) is 37.3 Å². The monoisotopic (exact) mass is 413 g/mol. The van der Waals surface area contributed by atoms with Gasteiger partial charge >= 0.3 is 0 Å². The number of hydrogen-bond acceptors (Lipinski definition) is 4. The molecule has 2 unspecified atom stereocenters. The van der Waals surface area contributed by atoms with Crippen LogP contribution in [0.5, 0.6) is 0 Å². The average Bonchev–Trinajstić information content (AvgIpc) is 3.10. The summed E-state index contributed by atoms with van der Waals surface area (Å²) in [5.74, 6) is -0.749. The molecule has 5 nitrogen and oxygen atoms in total. The predicted molar refractivity (Wildman–Crippen MR) is 111 cm³/mol. The summed E-state index contributed by atoms with van der Waals surface area (Å²) in [5.41, 5.74) is 0.473. The largest absolute Gasteiger partial charge is 0.339 e. The zero-order chi connectivity index (χ0) is 21.1. The van der Waals surface area contributed by atoms with Crippen molar-refractivity contribution in [3.05, 3.63) is 66.2 Å². The lowest BCUT2D eigenvalue weighted by Crippen LogP contribution is -2.57. The zero-order valence-electron chi connectivity index (χ0n) is 16.6. The van der Waals surface area contributed by atoms with Crippen LogP contribution >= 0.6 is 0 Å². The molecule has 7 heteroatoms. The number of para-hydroxylation sites is 1. The van der Waals surface area contributed by atoms with Crippen LogP contribution in [0.3, 0.4) is 0 Å². The van der Waals surface area contributed by atoms with Crippen molar-refractivity contribution >= 4 is 17.4 Å². The van der Waals surface area contributed by atoms with Gasteiger partial charge in [-0.15, -0.1) is 0 Å². The van der Waals surface area contributed by atoms with Crippen molar-refractivity contribution in [1.29, 1.82) is 0 Å². The lowest BCUT2D eigenvalue weighted by molar-refractivity contribution is -0.125. The van der Waals surface area contributed by atoms with Crippen LogP contribution in [0.15, 0.2) is 60.7 Å². The van der Waals surface area contributed by atoms with E-state index in [-0.39, 0.29) is 11.5 Å². The molecule has 1 amide bonds. The predicted octanol–water partition coefficient (Wildman–Crippen LogP) is 3.32. The molecule has 2 saturated heterocycles. The number of halogens is 2. The molecule has 2 aromatic carbocycles. The molecule has 4 rings (SSSR count). The fraction of sp³-hybridized carbons (Fsp3) is 0.391. The molecule has 2 aliphatic heterocycles. The van der Waals surface area contributed by atoms with Crippen molar-refractivity contribution in [2.75, 3.05) is 24.7 Å². The quantitative estimate of drug-likeness (QED) is 0.583. The van der Waals surface area contributed by atoms with Crippen LogP contribution in [0.4, 0.5) is 14.5 Å². The maximum absolute atomic E-state index is 14.8. The number of nitrogens with one attached hydrogen (secondary N) is 1. The number of amides is 1. The number of ketones is 1. The summed E-state index contributed by atoms with van der Waals surface area (Å²) in [7, 11) is 0. The van der Waals surface area contributed by atoms with Crippen LogP contribution in [-0.2, 0) is 4.79 Å². The lowest BCUT2D eigenvalue weighted by Gasteiger charge is -2.44. The highest BCUT2D eigenvalue weighted by Gasteiger charge is 2.51. The Bertz CT molecular complexity index is 886. The third kappa shape index (κ3) is 3.81. The first-order valence-corrected chi connectivity index (χ1v) is 10.2. The summed E-state index contributed by atoms with van der Waals surface area (Å²) in [4.78, 5) is 28.4. The first-order valence-electron chi connectivity index (χ1n) is 10.2. The van der Waals surface area contributed by atoms with Crippen LogP contribution in [0.1, 0.15) is 29.6 Å². The van der Waals surface area contributed by atoms with E-state index in [0.29, 0.717) is 32.6 Å². The molecule has 30 heavy (non-hydrogen) atoms. The molecule has 2 heterocycles. The topological polar surface area (TPSA) is 52.7 Å². The number of Topliss-reactive ketones (excluding diaryl/α,β-unsaturated/α-hetero) is 1. The van der Waals surface area contributed by atoms with Crippen molar-refractivity contribution in [2.24, 2.45) is 0 Å². The summed E-state index contributed by atoms with van der Waals surface area (Å²) in [6, 6.07) is 17.8. The van der Waals surface area contributed by atoms with E-state index in [1.54, 1.807) is 18.2 Å². The molecule has 1 N–H and O–H groups in total. The van der Waals surface area contributed by atoms with Gasteiger partial charge in [-0.2, -0.15) is 0 Å². The van der Waals surface area contributed by atoms with Gasteiger partial charge in [-0.25, -0.2) is 8.78 Å². The van der Waals surface area contributed by atoms with Crippen molar-refractivity contribution in [1.82, 2.24) is 10.2 Å². The number of nitrogens with zero attached hydrogens (tertiary/aromatic N) is 2. The molecule has 2 aliphatic rings. The van der Waals surface area contributed by atoms with E-state index in [4.69, 9.17) is 0 Å². The molecule has 0 radical (unpaired) electrons. The maximum atomic E-state index is 14.8. The van der Waals surface area contributed by atoms with Crippen LogP contribution in [0, 0.1) is 0 Å². The van der Waals surface area contributed by atoms with E-state index in [1.807, 2.05) is 35.2 Å². The van der Waals surface area contributed by atoms with Crippen LogP contribution < -0.4 is 10.2 Å².